The minimum atomic E-state index is -0.0877. The van der Waals surface area contributed by atoms with Gasteiger partial charge in [-0.25, -0.2) is 0 Å². The Labute approximate surface area is 128 Å². The Morgan fingerprint density at radius 1 is 1.52 bits per heavy atom. The number of carbonyl (C=O) groups excluding carboxylic acids is 1. The van der Waals surface area contributed by atoms with Gasteiger partial charge in [0.2, 0.25) is 5.91 Å². The number of thiophene rings is 1. The van der Waals surface area contributed by atoms with E-state index >= 15 is 0 Å². The summed E-state index contributed by atoms with van der Waals surface area (Å²) in [5, 5.41) is 5.11. The van der Waals surface area contributed by atoms with Crippen LogP contribution in [0.4, 0.5) is 0 Å². The average Bonchev–Trinajstić information content (AvgIpc) is 3.21. The SMILES string of the molecule is CC(NC(=O)CN1CCCC1c1cccs1)c1ccco1. The van der Waals surface area contributed by atoms with E-state index in [1.807, 2.05) is 19.1 Å². The first-order valence-electron chi connectivity index (χ1n) is 7.34. The van der Waals surface area contributed by atoms with Crippen LogP contribution in [-0.2, 0) is 4.79 Å². The van der Waals surface area contributed by atoms with Gasteiger partial charge in [-0.1, -0.05) is 6.07 Å². The standard InChI is InChI=1S/C16H20N2O2S/c1-12(14-6-3-9-20-14)17-16(19)11-18-8-2-5-13(18)15-7-4-10-21-15/h3-4,6-7,9-10,12-13H,2,5,8,11H2,1H3,(H,17,19). The van der Waals surface area contributed by atoms with Gasteiger partial charge in [0.15, 0.2) is 0 Å². The Morgan fingerprint density at radius 2 is 2.43 bits per heavy atom. The van der Waals surface area contributed by atoms with Gasteiger partial charge in [0.1, 0.15) is 5.76 Å². The van der Waals surface area contributed by atoms with E-state index in [1.165, 1.54) is 4.88 Å². The van der Waals surface area contributed by atoms with Crippen LogP contribution in [0.25, 0.3) is 0 Å². The van der Waals surface area contributed by atoms with Crippen molar-refractivity contribution in [2.45, 2.75) is 31.8 Å². The fourth-order valence-corrected chi connectivity index (χ4v) is 3.79. The summed E-state index contributed by atoms with van der Waals surface area (Å²) in [6.45, 7) is 3.39. The summed E-state index contributed by atoms with van der Waals surface area (Å²) >= 11 is 1.77. The van der Waals surface area contributed by atoms with E-state index in [0.717, 1.165) is 25.1 Å². The van der Waals surface area contributed by atoms with Crippen molar-refractivity contribution in [2.24, 2.45) is 0 Å². The van der Waals surface area contributed by atoms with Crippen molar-refractivity contribution in [3.05, 3.63) is 46.5 Å². The Morgan fingerprint density at radius 3 is 3.14 bits per heavy atom. The van der Waals surface area contributed by atoms with Crippen molar-refractivity contribution < 1.29 is 9.21 Å². The molecule has 1 saturated heterocycles. The zero-order chi connectivity index (χ0) is 14.7. The summed E-state index contributed by atoms with van der Waals surface area (Å²) in [6, 6.07) is 8.28. The third kappa shape index (κ3) is 3.36. The molecule has 1 N–H and O–H groups in total. The quantitative estimate of drug-likeness (QED) is 0.921. The van der Waals surface area contributed by atoms with E-state index in [9.17, 15) is 4.79 Å². The molecule has 0 bridgehead atoms. The van der Waals surface area contributed by atoms with Crippen molar-refractivity contribution in [1.82, 2.24) is 10.2 Å². The van der Waals surface area contributed by atoms with Gasteiger partial charge in [0.05, 0.1) is 18.8 Å². The summed E-state index contributed by atoms with van der Waals surface area (Å²) in [5.41, 5.74) is 0. The van der Waals surface area contributed by atoms with Crippen molar-refractivity contribution >= 4 is 17.2 Å². The van der Waals surface area contributed by atoms with Gasteiger partial charge in [0, 0.05) is 10.9 Å². The van der Waals surface area contributed by atoms with Gasteiger partial charge in [-0.05, 0) is 49.9 Å². The summed E-state index contributed by atoms with van der Waals surface area (Å²) in [6.07, 6.45) is 3.93. The average molecular weight is 304 g/mol. The molecule has 1 aliphatic heterocycles. The van der Waals surface area contributed by atoms with Crippen LogP contribution in [0.1, 0.15) is 42.5 Å². The highest BCUT2D eigenvalue weighted by molar-refractivity contribution is 7.10. The summed E-state index contributed by atoms with van der Waals surface area (Å²) in [7, 11) is 0. The zero-order valence-electron chi connectivity index (χ0n) is 12.1. The highest BCUT2D eigenvalue weighted by atomic mass is 32.1. The molecule has 2 atom stereocenters. The summed E-state index contributed by atoms with van der Waals surface area (Å²) < 4.78 is 5.32. The van der Waals surface area contributed by atoms with Crippen LogP contribution in [0.5, 0.6) is 0 Å². The molecule has 1 amide bonds. The number of rotatable bonds is 5. The minimum Gasteiger partial charge on any atom is -0.467 e. The lowest BCUT2D eigenvalue weighted by Crippen LogP contribution is -2.37. The van der Waals surface area contributed by atoms with Crippen molar-refractivity contribution in [1.29, 1.82) is 0 Å². The molecule has 0 radical (unpaired) electrons. The van der Waals surface area contributed by atoms with Crippen LogP contribution in [0, 0.1) is 0 Å². The summed E-state index contributed by atoms with van der Waals surface area (Å²) in [5.74, 6) is 0.849. The fraction of sp³-hybridized carbons (Fsp3) is 0.438. The fourth-order valence-electron chi connectivity index (χ4n) is 2.90. The lowest BCUT2D eigenvalue weighted by Gasteiger charge is -2.23. The Kier molecular flexibility index (Phi) is 4.41. The molecule has 4 nitrogen and oxygen atoms in total. The van der Waals surface area contributed by atoms with Crippen LogP contribution in [0.2, 0.25) is 0 Å². The predicted molar refractivity (Wildman–Crippen MR) is 83.1 cm³/mol. The second-order valence-corrected chi connectivity index (χ2v) is 6.43. The second-order valence-electron chi connectivity index (χ2n) is 5.45. The van der Waals surface area contributed by atoms with Crippen molar-refractivity contribution in [3.8, 4) is 0 Å². The molecule has 21 heavy (non-hydrogen) atoms. The first-order valence-corrected chi connectivity index (χ1v) is 8.22. The van der Waals surface area contributed by atoms with Crippen molar-refractivity contribution in [3.63, 3.8) is 0 Å². The van der Waals surface area contributed by atoms with E-state index in [0.29, 0.717) is 12.6 Å². The Bertz CT molecular complexity index is 565. The summed E-state index contributed by atoms with van der Waals surface area (Å²) in [4.78, 5) is 15.9. The third-order valence-corrected chi connectivity index (χ3v) is 4.90. The lowest BCUT2D eigenvalue weighted by atomic mass is 10.2. The van der Waals surface area contributed by atoms with E-state index in [4.69, 9.17) is 4.42 Å². The van der Waals surface area contributed by atoms with Crippen LogP contribution in [0.3, 0.4) is 0 Å². The molecule has 2 aromatic heterocycles. The van der Waals surface area contributed by atoms with E-state index in [2.05, 4.69) is 27.7 Å². The molecule has 2 unspecified atom stereocenters. The second kappa shape index (κ2) is 6.45. The third-order valence-electron chi connectivity index (χ3n) is 3.93. The van der Waals surface area contributed by atoms with Gasteiger partial charge in [-0.15, -0.1) is 11.3 Å². The zero-order valence-corrected chi connectivity index (χ0v) is 12.9. The van der Waals surface area contributed by atoms with Gasteiger partial charge in [-0.2, -0.15) is 0 Å². The molecule has 3 rings (SSSR count). The van der Waals surface area contributed by atoms with Gasteiger partial charge < -0.3 is 9.73 Å². The first-order chi connectivity index (χ1) is 10.2. The Balaban J connectivity index is 1.57. The minimum absolute atomic E-state index is 0.0577. The topological polar surface area (TPSA) is 45.5 Å². The lowest BCUT2D eigenvalue weighted by molar-refractivity contribution is -0.123. The van der Waals surface area contributed by atoms with Crippen molar-refractivity contribution in [2.75, 3.05) is 13.1 Å². The number of amides is 1. The molecular weight excluding hydrogens is 284 g/mol. The molecule has 112 valence electrons. The highest BCUT2D eigenvalue weighted by Gasteiger charge is 2.28. The van der Waals surface area contributed by atoms with Gasteiger partial charge >= 0.3 is 0 Å². The number of furan rings is 1. The number of nitrogens with zero attached hydrogens (tertiary/aromatic N) is 1. The smallest absolute Gasteiger partial charge is 0.234 e. The number of hydrogen-bond donors (Lipinski definition) is 1. The van der Waals surface area contributed by atoms with E-state index in [-0.39, 0.29) is 11.9 Å². The maximum absolute atomic E-state index is 12.2. The Hall–Kier alpha value is -1.59. The maximum atomic E-state index is 12.2. The highest BCUT2D eigenvalue weighted by Crippen LogP contribution is 2.34. The maximum Gasteiger partial charge on any atom is 0.234 e. The molecule has 1 fully saturated rings. The van der Waals surface area contributed by atoms with Crippen LogP contribution in [0.15, 0.2) is 40.3 Å². The molecule has 0 spiro atoms. The molecule has 5 heteroatoms. The monoisotopic (exact) mass is 304 g/mol. The largest absolute Gasteiger partial charge is 0.467 e. The first kappa shape index (κ1) is 14.4. The molecular formula is C16H20N2O2S. The molecule has 2 aromatic rings. The van der Waals surface area contributed by atoms with E-state index in [1.54, 1.807) is 17.6 Å². The molecule has 1 aliphatic rings. The van der Waals surface area contributed by atoms with Crippen LogP contribution in [-0.4, -0.2) is 23.9 Å². The number of carbonyl (C=O) groups is 1. The number of nitrogens with one attached hydrogen (secondary N) is 1. The normalized spacial score (nSPS) is 20.5. The molecule has 3 heterocycles. The van der Waals surface area contributed by atoms with E-state index < -0.39 is 0 Å². The van der Waals surface area contributed by atoms with Crippen LogP contribution >= 0.6 is 11.3 Å². The number of hydrogen-bond acceptors (Lipinski definition) is 4. The molecule has 0 aromatic carbocycles. The van der Waals surface area contributed by atoms with Gasteiger partial charge in [0.25, 0.3) is 0 Å². The number of likely N-dealkylation sites (tertiary alicyclic amines) is 1. The predicted octanol–water partition coefficient (Wildman–Crippen LogP) is 3.36. The molecule has 0 saturated carbocycles. The van der Waals surface area contributed by atoms with Gasteiger partial charge in [-0.3, -0.25) is 9.69 Å². The molecule has 0 aliphatic carbocycles. The van der Waals surface area contributed by atoms with Crippen LogP contribution < -0.4 is 5.32 Å².